The van der Waals surface area contributed by atoms with Crippen molar-refractivity contribution in [3.8, 4) is 0 Å². The van der Waals surface area contributed by atoms with Gasteiger partial charge in [-0.25, -0.2) is 0 Å². The Kier molecular flexibility index (Phi) is 4.39. The summed E-state index contributed by atoms with van der Waals surface area (Å²) in [5.41, 5.74) is -0.394. The molecule has 0 aromatic heterocycles. The molecule has 0 radical (unpaired) electrons. The number of piperidine rings is 1. The number of aliphatic hydroxyl groups is 1. The van der Waals surface area contributed by atoms with Gasteiger partial charge in [-0.15, -0.1) is 0 Å². The van der Waals surface area contributed by atoms with Crippen molar-refractivity contribution in [1.82, 2.24) is 4.90 Å². The topological polar surface area (TPSA) is 23.5 Å². The van der Waals surface area contributed by atoms with E-state index in [9.17, 15) is 5.11 Å². The maximum atomic E-state index is 9.78. The Balaban J connectivity index is 2.10. The molecule has 0 spiro atoms. The first-order chi connectivity index (χ1) is 6.49. The highest BCUT2D eigenvalue weighted by molar-refractivity contribution is 4.81. The van der Waals surface area contributed by atoms with Crippen LogP contribution in [0.4, 0.5) is 0 Å². The summed E-state index contributed by atoms with van der Waals surface area (Å²) in [4.78, 5) is 2.49. The second-order valence-electron chi connectivity index (χ2n) is 5.37. The quantitative estimate of drug-likeness (QED) is 0.751. The largest absolute Gasteiger partial charge is 0.390 e. The predicted octanol–water partition coefficient (Wildman–Crippen LogP) is 2.27. The Morgan fingerprint density at radius 2 is 1.86 bits per heavy atom. The summed E-state index contributed by atoms with van der Waals surface area (Å²) in [5, 5.41) is 9.78. The molecule has 1 heterocycles. The van der Waals surface area contributed by atoms with E-state index >= 15 is 0 Å². The highest BCUT2D eigenvalue weighted by Gasteiger charge is 2.26. The van der Waals surface area contributed by atoms with Gasteiger partial charge in [-0.3, -0.25) is 0 Å². The average Bonchev–Trinajstić information content (AvgIpc) is 2.07. The molecule has 0 atom stereocenters. The van der Waals surface area contributed by atoms with Gasteiger partial charge in [0.15, 0.2) is 0 Å². The molecule has 0 aromatic rings. The SMILES string of the molecule is CC(C)CCCN1CCC(C)(O)CC1. The van der Waals surface area contributed by atoms with Crippen LogP contribution in [0.2, 0.25) is 0 Å². The van der Waals surface area contributed by atoms with Crippen molar-refractivity contribution in [2.24, 2.45) is 5.92 Å². The predicted molar refractivity (Wildman–Crippen MR) is 60.4 cm³/mol. The van der Waals surface area contributed by atoms with Crippen LogP contribution >= 0.6 is 0 Å². The van der Waals surface area contributed by atoms with Gasteiger partial charge in [0.1, 0.15) is 0 Å². The third-order valence-corrected chi connectivity index (χ3v) is 3.19. The molecule has 0 bridgehead atoms. The highest BCUT2D eigenvalue weighted by atomic mass is 16.3. The molecule has 2 heteroatoms. The molecule has 2 nitrogen and oxygen atoms in total. The van der Waals surface area contributed by atoms with Crippen molar-refractivity contribution in [2.45, 2.75) is 52.1 Å². The van der Waals surface area contributed by atoms with Crippen LogP contribution in [0.3, 0.4) is 0 Å². The van der Waals surface area contributed by atoms with Crippen molar-refractivity contribution in [3.63, 3.8) is 0 Å². The fourth-order valence-corrected chi connectivity index (χ4v) is 1.98. The van der Waals surface area contributed by atoms with E-state index in [0.29, 0.717) is 0 Å². The van der Waals surface area contributed by atoms with Crippen LogP contribution in [0.5, 0.6) is 0 Å². The maximum absolute atomic E-state index is 9.78. The van der Waals surface area contributed by atoms with Gasteiger partial charge >= 0.3 is 0 Å². The minimum Gasteiger partial charge on any atom is -0.390 e. The molecule has 0 unspecified atom stereocenters. The van der Waals surface area contributed by atoms with Crippen molar-refractivity contribution in [2.75, 3.05) is 19.6 Å². The fraction of sp³-hybridized carbons (Fsp3) is 1.00. The fourth-order valence-electron chi connectivity index (χ4n) is 1.98. The molecule has 1 N–H and O–H groups in total. The zero-order valence-corrected chi connectivity index (χ0v) is 9.92. The van der Waals surface area contributed by atoms with Crippen LogP contribution in [-0.4, -0.2) is 35.2 Å². The highest BCUT2D eigenvalue weighted by Crippen LogP contribution is 2.21. The summed E-state index contributed by atoms with van der Waals surface area (Å²) in [5.74, 6) is 0.822. The van der Waals surface area contributed by atoms with Crippen molar-refractivity contribution >= 4 is 0 Å². The first-order valence-corrected chi connectivity index (χ1v) is 5.94. The molecule has 84 valence electrons. The Hall–Kier alpha value is -0.0800. The van der Waals surface area contributed by atoms with E-state index < -0.39 is 5.60 Å². The molecule has 1 aliphatic heterocycles. The van der Waals surface area contributed by atoms with E-state index in [-0.39, 0.29) is 0 Å². The zero-order chi connectivity index (χ0) is 10.6. The van der Waals surface area contributed by atoms with E-state index in [2.05, 4.69) is 18.7 Å². The van der Waals surface area contributed by atoms with Crippen molar-refractivity contribution in [3.05, 3.63) is 0 Å². The van der Waals surface area contributed by atoms with E-state index in [4.69, 9.17) is 0 Å². The Bertz CT molecular complexity index is 156. The number of hydrogen-bond acceptors (Lipinski definition) is 2. The summed E-state index contributed by atoms with van der Waals surface area (Å²) in [7, 11) is 0. The molecular weight excluding hydrogens is 174 g/mol. The first-order valence-electron chi connectivity index (χ1n) is 5.94. The van der Waals surface area contributed by atoms with Gasteiger partial charge in [0.2, 0.25) is 0 Å². The van der Waals surface area contributed by atoms with Crippen LogP contribution in [0, 0.1) is 5.92 Å². The molecule has 0 aliphatic carbocycles. The third kappa shape index (κ3) is 4.43. The zero-order valence-electron chi connectivity index (χ0n) is 9.92. The Morgan fingerprint density at radius 3 is 2.36 bits per heavy atom. The molecule has 1 saturated heterocycles. The average molecular weight is 199 g/mol. The standard InChI is InChI=1S/C12H25NO/c1-11(2)5-4-8-13-9-6-12(3,14)7-10-13/h11,14H,4-10H2,1-3H3. The molecule has 1 fully saturated rings. The lowest BCUT2D eigenvalue weighted by atomic mass is 9.93. The van der Waals surface area contributed by atoms with Crippen LogP contribution in [0.25, 0.3) is 0 Å². The Labute approximate surface area is 88.3 Å². The lowest BCUT2D eigenvalue weighted by Crippen LogP contribution is -2.42. The lowest BCUT2D eigenvalue weighted by Gasteiger charge is -2.35. The summed E-state index contributed by atoms with van der Waals surface area (Å²) in [6, 6.07) is 0. The Morgan fingerprint density at radius 1 is 1.29 bits per heavy atom. The van der Waals surface area contributed by atoms with Gasteiger partial charge in [-0.1, -0.05) is 13.8 Å². The summed E-state index contributed by atoms with van der Waals surface area (Å²) in [6.45, 7) is 9.88. The summed E-state index contributed by atoms with van der Waals surface area (Å²) < 4.78 is 0. The minimum atomic E-state index is -0.394. The maximum Gasteiger partial charge on any atom is 0.0644 e. The summed E-state index contributed by atoms with van der Waals surface area (Å²) in [6.07, 6.45) is 4.51. The van der Waals surface area contributed by atoms with E-state index in [1.807, 2.05) is 6.92 Å². The summed E-state index contributed by atoms with van der Waals surface area (Å²) >= 11 is 0. The molecule has 1 aliphatic rings. The molecule has 0 amide bonds. The van der Waals surface area contributed by atoms with Gasteiger partial charge in [0, 0.05) is 13.1 Å². The number of likely N-dealkylation sites (tertiary alicyclic amines) is 1. The van der Waals surface area contributed by atoms with Gasteiger partial charge < -0.3 is 10.0 Å². The van der Waals surface area contributed by atoms with Crippen molar-refractivity contribution < 1.29 is 5.11 Å². The molecular formula is C12H25NO. The number of nitrogens with zero attached hydrogens (tertiary/aromatic N) is 1. The normalized spacial score (nSPS) is 22.9. The van der Waals surface area contributed by atoms with Crippen molar-refractivity contribution in [1.29, 1.82) is 0 Å². The minimum absolute atomic E-state index is 0.394. The monoisotopic (exact) mass is 199 g/mol. The molecule has 0 aromatic carbocycles. The lowest BCUT2D eigenvalue weighted by molar-refractivity contribution is -0.00568. The second-order valence-corrected chi connectivity index (χ2v) is 5.37. The number of hydrogen-bond donors (Lipinski definition) is 1. The third-order valence-electron chi connectivity index (χ3n) is 3.19. The first kappa shape index (κ1) is 12.0. The van der Waals surface area contributed by atoms with Crippen LogP contribution in [0.15, 0.2) is 0 Å². The van der Waals surface area contributed by atoms with Gasteiger partial charge in [-0.2, -0.15) is 0 Å². The molecule has 0 saturated carbocycles. The van der Waals surface area contributed by atoms with Crippen LogP contribution in [-0.2, 0) is 0 Å². The second kappa shape index (κ2) is 5.13. The van der Waals surface area contributed by atoms with Gasteiger partial charge in [0.05, 0.1) is 5.60 Å². The van der Waals surface area contributed by atoms with E-state index in [0.717, 1.165) is 31.8 Å². The van der Waals surface area contributed by atoms with E-state index in [1.54, 1.807) is 0 Å². The van der Waals surface area contributed by atoms with Crippen LogP contribution in [0.1, 0.15) is 46.5 Å². The smallest absolute Gasteiger partial charge is 0.0644 e. The molecule has 14 heavy (non-hydrogen) atoms. The molecule has 1 rings (SSSR count). The van der Waals surface area contributed by atoms with Gasteiger partial charge in [0.25, 0.3) is 0 Å². The number of rotatable bonds is 4. The van der Waals surface area contributed by atoms with Gasteiger partial charge in [-0.05, 0) is 45.1 Å². The van der Waals surface area contributed by atoms with Crippen LogP contribution < -0.4 is 0 Å². The van der Waals surface area contributed by atoms with E-state index in [1.165, 1.54) is 19.4 Å².